The lowest BCUT2D eigenvalue weighted by atomic mass is 10.2. The zero-order valence-corrected chi connectivity index (χ0v) is 11.3. The minimum absolute atomic E-state index is 0.173. The summed E-state index contributed by atoms with van der Waals surface area (Å²) >= 11 is 0. The van der Waals surface area contributed by atoms with Crippen LogP contribution >= 0.6 is 0 Å². The van der Waals surface area contributed by atoms with Crippen molar-refractivity contribution in [1.29, 1.82) is 0 Å². The van der Waals surface area contributed by atoms with Crippen LogP contribution in [-0.4, -0.2) is 27.4 Å². The quantitative estimate of drug-likeness (QED) is 0.912. The number of fused-ring (bicyclic) bond motifs is 1. The average Bonchev–Trinajstić information content (AvgIpc) is 2.82. The number of nitrogens with one attached hydrogen (secondary N) is 1. The molecule has 0 fully saturated rings. The summed E-state index contributed by atoms with van der Waals surface area (Å²) < 4.78 is 7.90. The van der Waals surface area contributed by atoms with Crippen molar-refractivity contribution in [2.45, 2.75) is 33.0 Å². The lowest BCUT2D eigenvalue weighted by molar-refractivity contribution is 0.242. The molecule has 5 nitrogen and oxygen atoms in total. The highest BCUT2D eigenvalue weighted by atomic mass is 16.5. The fourth-order valence-electron chi connectivity index (χ4n) is 2.29. The van der Waals surface area contributed by atoms with E-state index in [1.54, 1.807) is 0 Å². The standard InChI is InChI=1S/C14H18N4O/c1-10(2)19-12-5-3-4-11(8-12)14-17-16-13-9-15-6-7-18(13)14/h3-5,8,10,15H,6-7,9H2,1-2H3. The van der Waals surface area contributed by atoms with E-state index in [0.29, 0.717) is 0 Å². The molecule has 0 saturated heterocycles. The predicted octanol–water partition coefficient (Wildman–Crippen LogP) is 1.84. The highest BCUT2D eigenvalue weighted by Gasteiger charge is 2.16. The Bertz CT molecular complexity index is 577. The van der Waals surface area contributed by atoms with Crippen LogP contribution in [0.2, 0.25) is 0 Å². The van der Waals surface area contributed by atoms with Crippen molar-refractivity contribution in [1.82, 2.24) is 20.1 Å². The van der Waals surface area contributed by atoms with Gasteiger partial charge in [-0.1, -0.05) is 12.1 Å². The van der Waals surface area contributed by atoms with Gasteiger partial charge >= 0.3 is 0 Å². The second-order valence-corrected chi connectivity index (χ2v) is 4.96. The third kappa shape index (κ3) is 2.46. The molecule has 5 heteroatoms. The Hall–Kier alpha value is -1.88. The molecule has 0 spiro atoms. The van der Waals surface area contributed by atoms with Gasteiger partial charge in [-0.05, 0) is 26.0 Å². The van der Waals surface area contributed by atoms with Crippen molar-refractivity contribution in [3.8, 4) is 17.1 Å². The number of rotatable bonds is 3. The van der Waals surface area contributed by atoms with Crippen LogP contribution in [0, 0.1) is 0 Å². The molecule has 100 valence electrons. The van der Waals surface area contributed by atoms with Crippen molar-refractivity contribution < 1.29 is 4.74 Å². The SMILES string of the molecule is CC(C)Oc1cccc(-c2nnc3n2CCNC3)c1. The Balaban J connectivity index is 1.95. The van der Waals surface area contributed by atoms with E-state index < -0.39 is 0 Å². The maximum Gasteiger partial charge on any atom is 0.164 e. The van der Waals surface area contributed by atoms with Gasteiger partial charge < -0.3 is 14.6 Å². The minimum atomic E-state index is 0.173. The first kappa shape index (κ1) is 12.2. The van der Waals surface area contributed by atoms with E-state index in [0.717, 1.165) is 42.6 Å². The molecule has 0 atom stereocenters. The van der Waals surface area contributed by atoms with Gasteiger partial charge in [0.2, 0.25) is 0 Å². The summed E-state index contributed by atoms with van der Waals surface area (Å²) in [5.41, 5.74) is 1.05. The molecule has 1 aliphatic rings. The zero-order valence-electron chi connectivity index (χ0n) is 11.3. The Labute approximate surface area is 112 Å². The number of ether oxygens (including phenoxy) is 1. The molecule has 1 aliphatic heterocycles. The zero-order chi connectivity index (χ0) is 13.2. The molecule has 0 unspecified atom stereocenters. The summed E-state index contributed by atoms with van der Waals surface area (Å²) in [6, 6.07) is 8.04. The lowest BCUT2D eigenvalue weighted by Crippen LogP contribution is -2.28. The molecular weight excluding hydrogens is 240 g/mol. The van der Waals surface area contributed by atoms with Gasteiger partial charge in [0.25, 0.3) is 0 Å². The summed E-state index contributed by atoms with van der Waals surface area (Å²) in [7, 11) is 0. The van der Waals surface area contributed by atoms with E-state index in [9.17, 15) is 0 Å². The summed E-state index contributed by atoms with van der Waals surface area (Å²) in [6.45, 7) is 6.71. The van der Waals surface area contributed by atoms with Crippen LogP contribution in [0.25, 0.3) is 11.4 Å². The second kappa shape index (κ2) is 5.01. The van der Waals surface area contributed by atoms with Crippen LogP contribution in [0.1, 0.15) is 19.7 Å². The summed E-state index contributed by atoms with van der Waals surface area (Å²) in [6.07, 6.45) is 0.173. The summed E-state index contributed by atoms with van der Waals surface area (Å²) in [4.78, 5) is 0. The summed E-state index contributed by atoms with van der Waals surface area (Å²) in [5.74, 6) is 2.79. The smallest absolute Gasteiger partial charge is 0.164 e. The number of aromatic nitrogens is 3. The van der Waals surface area contributed by atoms with E-state index in [-0.39, 0.29) is 6.10 Å². The first-order chi connectivity index (χ1) is 9.24. The first-order valence-electron chi connectivity index (χ1n) is 6.64. The molecule has 0 aliphatic carbocycles. The third-order valence-electron chi connectivity index (χ3n) is 3.09. The van der Waals surface area contributed by atoms with E-state index in [2.05, 4.69) is 20.1 Å². The van der Waals surface area contributed by atoms with Crippen molar-refractivity contribution in [2.24, 2.45) is 0 Å². The molecule has 19 heavy (non-hydrogen) atoms. The van der Waals surface area contributed by atoms with Gasteiger partial charge in [-0.3, -0.25) is 0 Å². The molecule has 2 heterocycles. The third-order valence-corrected chi connectivity index (χ3v) is 3.09. The molecule has 0 saturated carbocycles. The van der Waals surface area contributed by atoms with Crippen LogP contribution in [0.15, 0.2) is 24.3 Å². The van der Waals surface area contributed by atoms with E-state index >= 15 is 0 Å². The van der Waals surface area contributed by atoms with Crippen molar-refractivity contribution in [3.63, 3.8) is 0 Å². The number of hydrogen-bond acceptors (Lipinski definition) is 4. The number of hydrogen-bond donors (Lipinski definition) is 1. The van der Waals surface area contributed by atoms with E-state index in [1.807, 2.05) is 38.1 Å². The van der Waals surface area contributed by atoms with Gasteiger partial charge in [0, 0.05) is 18.7 Å². The van der Waals surface area contributed by atoms with Crippen LogP contribution in [0.3, 0.4) is 0 Å². The molecule has 1 aromatic carbocycles. The molecule has 0 bridgehead atoms. The highest BCUT2D eigenvalue weighted by molar-refractivity contribution is 5.58. The molecule has 1 N–H and O–H groups in total. The van der Waals surface area contributed by atoms with Crippen LogP contribution < -0.4 is 10.1 Å². The van der Waals surface area contributed by atoms with Gasteiger partial charge in [-0.15, -0.1) is 10.2 Å². The van der Waals surface area contributed by atoms with Gasteiger partial charge in [-0.2, -0.15) is 0 Å². The second-order valence-electron chi connectivity index (χ2n) is 4.96. The first-order valence-corrected chi connectivity index (χ1v) is 6.64. The van der Waals surface area contributed by atoms with Gasteiger partial charge in [-0.25, -0.2) is 0 Å². The Morgan fingerprint density at radius 1 is 1.32 bits per heavy atom. The van der Waals surface area contributed by atoms with Gasteiger partial charge in [0.05, 0.1) is 12.6 Å². The maximum absolute atomic E-state index is 5.73. The van der Waals surface area contributed by atoms with Crippen LogP contribution in [0.4, 0.5) is 0 Å². The maximum atomic E-state index is 5.73. The normalized spacial score (nSPS) is 14.5. The largest absolute Gasteiger partial charge is 0.491 e. The predicted molar refractivity (Wildman–Crippen MR) is 72.9 cm³/mol. The van der Waals surface area contributed by atoms with Crippen molar-refractivity contribution in [3.05, 3.63) is 30.1 Å². The Kier molecular flexibility index (Phi) is 3.21. The molecule has 0 radical (unpaired) electrons. The molecular formula is C14H18N4O. The number of nitrogens with zero attached hydrogens (tertiary/aromatic N) is 3. The average molecular weight is 258 g/mol. The van der Waals surface area contributed by atoms with Gasteiger partial charge in [0.1, 0.15) is 11.6 Å². The monoisotopic (exact) mass is 258 g/mol. The highest BCUT2D eigenvalue weighted by Crippen LogP contribution is 2.24. The fraction of sp³-hybridized carbons (Fsp3) is 0.429. The molecule has 1 aromatic heterocycles. The fourth-order valence-corrected chi connectivity index (χ4v) is 2.29. The van der Waals surface area contributed by atoms with Gasteiger partial charge in [0.15, 0.2) is 5.82 Å². The van der Waals surface area contributed by atoms with E-state index in [4.69, 9.17) is 4.74 Å². The Morgan fingerprint density at radius 2 is 2.21 bits per heavy atom. The Morgan fingerprint density at radius 3 is 3.05 bits per heavy atom. The van der Waals surface area contributed by atoms with Crippen LogP contribution in [-0.2, 0) is 13.1 Å². The van der Waals surface area contributed by atoms with Crippen molar-refractivity contribution >= 4 is 0 Å². The summed E-state index contributed by atoms with van der Waals surface area (Å²) in [5, 5.41) is 11.8. The molecule has 2 aromatic rings. The molecule has 3 rings (SSSR count). The number of benzene rings is 1. The minimum Gasteiger partial charge on any atom is -0.491 e. The molecule has 0 amide bonds. The van der Waals surface area contributed by atoms with Crippen LogP contribution in [0.5, 0.6) is 5.75 Å². The lowest BCUT2D eigenvalue weighted by Gasteiger charge is -2.16. The van der Waals surface area contributed by atoms with Crippen molar-refractivity contribution in [2.75, 3.05) is 6.54 Å². The topological polar surface area (TPSA) is 52.0 Å². The van der Waals surface area contributed by atoms with E-state index in [1.165, 1.54) is 0 Å².